The number of para-hydroxylation sites is 1. The largest absolute Gasteiger partial charge is 0.398 e. The molecular formula is C23H21Cl2N3. The lowest BCUT2D eigenvalue weighted by Gasteiger charge is -2.16. The van der Waals surface area contributed by atoms with Crippen molar-refractivity contribution in [3.05, 3.63) is 106 Å². The van der Waals surface area contributed by atoms with Crippen LogP contribution in [0.5, 0.6) is 0 Å². The van der Waals surface area contributed by atoms with Gasteiger partial charge in [0, 0.05) is 38.1 Å². The van der Waals surface area contributed by atoms with Crippen LogP contribution in [0, 0.1) is 6.92 Å². The number of anilines is 1. The number of nitrogen functional groups attached to an aromatic ring is 1. The van der Waals surface area contributed by atoms with E-state index in [0.29, 0.717) is 28.1 Å². The highest BCUT2D eigenvalue weighted by molar-refractivity contribution is 6.36. The summed E-state index contributed by atoms with van der Waals surface area (Å²) in [6.45, 7) is 6.54. The summed E-state index contributed by atoms with van der Waals surface area (Å²) in [7, 11) is 0. The van der Waals surface area contributed by atoms with Crippen molar-refractivity contribution in [2.45, 2.75) is 13.5 Å². The second-order valence-corrected chi connectivity index (χ2v) is 7.19. The molecule has 0 amide bonds. The van der Waals surface area contributed by atoms with Gasteiger partial charge in [0.2, 0.25) is 0 Å². The van der Waals surface area contributed by atoms with Gasteiger partial charge in [0.05, 0.1) is 6.54 Å². The monoisotopic (exact) mass is 409 g/mol. The molecule has 3 N–H and O–H groups in total. The molecule has 0 spiro atoms. The maximum Gasteiger partial charge on any atom is 0.135 e. The van der Waals surface area contributed by atoms with E-state index in [1.54, 1.807) is 12.1 Å². The number of hydrogen-bond acceptors (Lipinski definition) is 2. The van der Waals surface area contributed by atoms with Crippen molar-refractivity contribution in [2.75, 3.05) is 5.73 Å². The van der Waals surface area contributed by atoms with E-state index in [1.165, 1.54) is 0 Å². The van der Waals surface area contributed by atoms with E-state index in [1.807, 2.05) is 61.5 Å². The van der Waals surface area contributed by atoms with E-state index in [0.717, 1.165) is 28.0 Å². The van der Waals surface area contributed by atoms with Gasteiger partial charge >= 0.3 is 0 Å². The fourth-order valence-corrected chi connectivity index (χ4v) is 3.38. The highest BCUT2D eigenvalue weighted by atomic mass is 35.5. The molecular weight excluding hydrogens is 389 g/mol. The molecule has 3 rings (SSSR count). The summed E-state index contributed by atoms with van der Waals surface area (Å²) in [5.41, 5.74) is 11.2. The van der Waals surface area contributed by atoms with Crippen molar-refractivity contribution in [1.29, 1.82) is 0 Å². The smallest absolute Gasteiger partial charge is 0.135 e. The topological polar surface area (TPSA) is 50.4 Å². The Hall–Kier alpha value is -2.75. The van der Waals surface area contributed by atoms with E-state index in [9.17, 15) is 0 Å². The third-order valence-electron chi connectivity index (χ3n) is 4.41. The molecule has 0 heterocycles. The Balaban J connectivity index is 1.97. The lowest BCUT2D eigenvalue weighted by Crippen LogP contribution is -2.24. The third kappa shape index (κ3) is 4.56. The Bertz CT molecular complexity index is 1020. The minimum Gasteiger partial charge on any atom is -0.398 e. The van der Waals surface area contributed by atoms with E-state index in [4.69, 9.17) is 33.9 Å². The average molecular weight is 410 g/mol. The molecule has 0 radical (unpaired) electrons. The van der Waals surface area contributed by atoms with Crippen LogP contribution in [0.3, 0.4) is 0 Å². The maximum atomic E-state index is 6.30. The van der Waals surface area contributed by atoms with Gasteiger partial charge < -0.3 is 11.1 Å². The van der Waals surface area contributed by atoms with E-state index >= 15 is 0 Å². The highest BCUT2D eigenvalue weighted by Crippen LogP contribution is 2.25. The lowest BCUT2D eigenvalue weighted by atomic mass is 10.1. The predicted octanol–water partition coefficient (Wildman–Crippen LogP) is 6.09. The third-order valence-corrected chi connectivity index (χ3v) is 5.12. The highest BCUT2D eigenvalue weighted by Gasteiger charge is 2.12. The molecule has 3 aromatic rings. The number of aliphatic imine (C=N–C) groups is 1. The molecule has 0 aromatic heterocycles. The Labute approximate surface area is 175 Å². The fourth-order valence-electron chi connectivity index (χ4n) is 2.87. The van der Waals surface area contributed by atoms with Crippen LogP contribution >= 0.6 is 23.2 Å². The minimum atomic E-state index is 0.316. The van der Waals surface area contributed by atoms with Crippen molar-refractivity contribution in [3.8, 4) is 0 Å². The van der Waals surface area contributed by atoms with E-state index in [-0.39, 0.29) is 0 Å². The van der Waals surface area contributed by atoms with E-state index < -0.39 is 0 Å². The Morgan fingerprint density at radius 1 is 0.929 bits per heavy atom. The number of nitrogens with zero attached hydrogens (tertiary/aromatic N) is 1. The predicted molar refractivity (Wildman–Crippen MR) is 121 cm³/mol. The summed E-state index contributed by atoms with van der Waals surface area (Å²) >= 11 is 12.6. The molecule has 0 unspecified atom stereocenters. The molecule has 0 atom stereocenters. The van der Waals surface area contributed by atoms with Crippen molar-refractivity contribution in [2.24, 2.45) is 4.99 Å². The number of nitrogens with one attached hydrogen (secondary N) is 1. The molecule has 5 heteroatoms. The average Bonchev–Trinajstić information content (AvgIpc) is 2.67. The lowest BCUT2D eigenvalue weighted by molar-refractivity contribution is 1.04. The van der Waals surface area contributed by atoms with Crippen LogP contribution in [0.25, 0.3) is 5.70 Å². The van der Waals surface area contributed by atoms with Crippen molar-refractivity contribution >= 4 is 40.4 Å². The van der Waals surface area contributed by atoms with Crippen LogP contribution in [-0.2, 0) is 6.54 Å². The number of benzene rings is 3. The number of hydrogen-bond donors (Lipinski definition) is 2. The first-order valence-electron chi connectivity index (χ1n) is 8.81. The van der Waals surface area contributed by atoms with Gasteiger partial charge in [-0.2, -0.15) is 0 Å². The zero-order valence-electron chi connectivity index (χ0n) is 15.5. The molecule has 3 nitrogen and oxygen atoms in total. The van der Waals surface area contributed by atoms with Gasteiger partial charge in [-0.25, -0.2) is 0 Å². The fraction of sp³-hybridized carbons (Fsp3) is 0.0870. The zero-order chi connectivity index (χ0) is 20.1. The molecule has 0 saturated heterocycles. The van der Waals surface area contributed by atoms with Crippen LogP contribution in [0.4, 0.5) is 5.69 Å². The quantitative estimate of drug-likeness (QED) is 0.304. The molecule has 0 bridgehead atoms. The second kappa shape index (κ2) is 8.96. The summed E-state index contributed by atoms with van der Waals surface area (Å²) < 4.78 is 0. The van der Waals surface area contributed by atoms with Gasteiger partial charge in [-0.1, -0.05) is 72.2 Å². The van der Waals surface area contributed by atoms with Crippen LogP contribution in [-0.4, -0.2) is 5.84 Å². The number of halogens is 2. The SMILES string of the molecule is C=C(NC(=NCc1c(Cl)cccc1Cl)c1ccccc1N)c1ccccc1C. The van der Waals surface area contributed by atoms with E-state index in [2.05, 4.69) is 11.9 Å². The number of amidine groups is 1. The van der Waals surface area contributed by atoms with Gasteiger partial charge in [-0.3, -0.25) is 4.99 Å². The first-order chi connectivity index (χ1) is 13.5. The molecule has 0 fully saturated rings. The van der Waals surface area contributed by atoms with Crippen molar-refractivity contribution < 1.29 is 0 Å². The Morgan fingerprint density at radius 3 is 2.18 bits per heavy atom. The Kier molecular flexibility index (Phi) is 6.40. The molecule has 0 saturated carbocycles. The molecule has 142 valence electrons. The summed E-state index contributed by atoms with van der Waals surface area (Å²) in [6, 6.07) is 21.0. The zero-order valence-corrected chi connectivity index (χ0v) is 17.1. The molecule has 28 heavy (non-hydrogen) atoms. The molecule has 3 aromatic carbocycles. The van der Waals surface area contributed by atoms with Gasteiger partial charge in [-0.15, -0.1) is 0 Å². The van der Waals surface area contributed by atoms with Gasteiger partial charge in [0.15, 0.2) is 0 Å². The van der Waals surface area contributed by atoms with Gasteiger partial charge in [0.1, 0.15) is 5.84 Å². The molecule has 0 aliphatic rings. The van der Waals surface area contributed by atoms with Crippen LogP contribution in [0.1, 0.15) is 22.3 Å². The van der Waals surface area contributed by atoms with Crippen LogP contribution in [0.2, 0.25) is 10.0 Å². The minimum absolute atomic E-state index is 0.316. The summed E-state index contributed by atoms with van der Waals surface area (Å²) in [4.78, 5) is 4.74. The van der Waals surface area contributed by atoms with Gasteiger partial charge in [-0.05, 0) is 36.8 Å². The number of rotatable bonds is 5. The van der Waals surface area contributed by atoms with Crippen LogP contribution in [0.15, 0.2) is 78.3 Å². The number of aryl methyl sites for hydroxylation is 1. The molecule has 0 aliphatic carbocycles. The van der Waals surface area contributed by atoms with Gasteiger partial charge in [0.25, 0.3) is 0 Å². The van der Waals surface area contributed by atoms with Crippen molar-refractivity contribution in [3.63, 3.8) is 0 Å². The first kappa shape index (κ1) is 20.0. The maximum absolute atomic E-state index is 6.30. The second-order valence-electron chi connectivity index (χ2n) is 6.37. The Morgan fingerprint density at radius 2 is 1.54 bits per heavy atom. The van der Waals surface area contributed by atoms with Crippen LogP contribution < -0.4 is 11.1 Å². The molecule has 0 aliphatic heterocycles. The normalized spacial score (nSPS) is 11.3. The standard InChI is InChI=1S/C23H21Cl2N3/c1-15-8-3-4-9-17(15)16(2)28-23(18-10-5-6-13-22(18)26)27-14-19-20(24)11-7-12-21(19)25/h3-13H,2,14,26H2,1H3,(H,27,28). The summed E-state index contributed by atoms with van der Waals surface area (Å²) in [5, 5.41) is 4.49. The number of nitrogens with two attached hydrogens (primary N) is 1. The van der Waals surface area contributed by atoms with Crippen molar-refractivity contribution in [1.82, 2.24) is 5.32 Å². The first-order valence-corrected chi connectivity index (χ1v) is 9.57. The summed E-state index contributed by atoms with van der Waals surface area (Å²) in [6.07, 6.45) is 0. The summed E-state index contributed by atoms with van der Waals surface area (Å²) in [5.74, 6) is 0.613.